The van der Waals surface area contributed by atoms with Crippen LogP contribution in [0, 0.1) is 22.7 Å². The Hall–Kier alpha value is 0. The highest BCUT2D eigenvalue weighted by molar-refractivity contribution is 5.16. The second-order valence-corrected chi connectivity index (χ2v) is 6.92. The first-order chi connectivity index (χ1) is 7.37. The molecule has 4 atom stereocenters. The molecule has 4 rings (SSSR count). The standard InChI is InChI=1S/C15H24/c1-2-8-14-10-7-13-5-3-9-15(13,14)11-6-12(14)4-1/h12-13H,1-11H2/t12-,13?,14+,15?/m1/s1. The number of hydrogen-bond acceptors (Lipinski definition) is 0. The van der Waals surface area contributed by atoms with Gasteiger partial charge < -0.3 is 0 Å². The molecule has 0 bridgehead atoms. The van der Waals surface area contributed by atoms with Gasteiger partial charge in [0.2, 0.25) is 0 Å². The summed E-state index contributed by atoms with van der Waals surface area (Å²) in [6.07, 6.45) is 17.6. The van der Waals surface area contributed by atoms with Crippen LogP contribution in [0.1, 0.15) is 70.6 Å². The molecule has 2 unspecified atom stereocenters. The smallest absolute Gasteiger partial charge is 0.0210 e. The summed E-state index contributed by atoms with van der Waals surface area (Å²) in [5.41, 5.74) is 1.77. The van der Waals surface area contributed by atoms with Crippen molar-refractivity contribution in [3.05, 3.63) is 0 Å². The molecule has 84 valence electrons. The first-order valence-electron chi connectivity index (χ1n) is 7.37. The van der Waals surface area contributed by atoms with Gasteiger partial charge in [0.25, 0.3) is 0 Å². The van der Waals surface area contributed by atoms with Crippen molar-refractivity contribution in [2.24, 2.45) is 22.7 Å². The highest BCUT2D eigenvalue weighted by Gasteiger charge is 2.66. The molecule has 0 aromatic heterocycles. The van der Waals surface area contributed by atoms with E-state index in [1.807, 2.05) is 0 Å². The molecule has 2 spiro atoms. The van der Waals surface area contributed by atoms with E-state index in [-0.39, 0.29) is 0 Å². The lowest BCUT2D eigenvalue weighted by Gasteiger charge is -2.47. The van der Waals surface area contributed by atoms with Crippen molar-refractivity contribution in [1.29, 1.82) is 0 Å². The maximum Gasteiger partial charge on any atom is -0.0210 e. The summed E-state index contributed by atoms with van der Waals surface area (Å²) in [5, 5.41) is 0. The lowest BCUT2D eigenvalue weighted by Crippen LogP contribution is -2.39. The Morgan fingerprint density at radius 2 is 1.13 bits per heavy atom. The number of hydrogen-bond donors (Lipinski definition) is 0. The van der Waals surface area contributed by atoms with Gasteiger partial charge >= 0.3 is 0 Å². The van der Waals surface area contributed by atoms with Crippen LogP contribution in [0.3, 0.4) is 0 Å². The fraction of sp³-hybridized carbons (Fsp3) is 1.00. The maximum atomic E-state index is 1.63. The third-order valence-corrected chi connectivity index (χ3v) is 7.03. The third-order valence-electron chi connectivity index (χ3n) is 7.03. The Morgan fingerprint density at radius 1 is 0.533 bits per heavy atom. The van der Waals surface area contributed by atoms with Gasteiger partial charge in [-0.15, -0.1) is 0 Å². The van der Waals surface area contributed by atoms with Gasteiger partial charge in [0.05, 0.1) is 0 Å². The predicted molar refractivity (Wildman–Crippen MR) is 62.6 cm³/mol. The average Bonchev–Trinajstić information content (AvgIpc) is 2.86. The Kier molecular flexibility index (Phi) is 1.70. The average molecular weight is 204 g/mol. The predicted octanol–water partition coefficient (Wildman–Crippen LogP) is 4.54. The van der Waals surface area contributed by atoms with Crippen LogP contribution >= 0.6 is 0 Å². The lowest BCUT2D eigenvalue weighted by molar-refractivity contribution is 0.0170. The van der Waals surface area contributed by atoms with Crippen LogP contribution < -0.4 is 0 Å². The van der Waals surface area contributed by atoms with Crippen molar-refractivity contribution >= 4 is 0 Å². The fourth-order valence-electron chi connectivity index (χ4n) is 6.63. The zero-order valence-electron chi connectivity index (χ0n) is 9.93. The van der Waals surface area contributed by atoms with E-state index in [1.165, 1.54) is 5.92 Å². The Morgan fingerprint density at radius 3 is 1.87 bits per heavy atom. The van der Waals surface area contributed by atoms with E-state index < -0.39 is 0 Å². The summed E-state index contributed by atoms with van der Waals surface area (Å²) in [5.74, 6) is 2.33. The second-order valence-electron chi connectivity index (χ2n) is 6.92. The minimum atomic E-state index is 0.881. The zero-order chi connectivity index (χ0) is 9.93. The molecule has 4 fully saturated rings. The van der Waals surface area contributed by atoms with Crippen LogP contribution in [0.25, 0.3) is 0 Å². The summed E-state index contributed by atoms with van der Waals surface area (Å²) in [6.45, 7) is 0. The SMILES string of the molecule is C1CC[C@@]23CCC4CCCC42CC[C@H]3C1. The molecular weight excluding hydrogens is 180 g/mol. The molecule has 0 nitrogen and oxygen atoms in total. The summed E-state index contributed by atoms with van der Waals surface area (Å²) in [7, 11) is 0. The van der Waals surface area contributed by atoms with Crippen LogP contribution in [0.4, 0.5) is 0 Å². The molecule has 0 aromatic rings. The van der Waals surface area contributed by atoms with Crippen LogP contribution in [-0.2, 0) is 0 Å². The topological polar surface area (TPSA) is 0 Å². The minimum absolute atomic E-state index is 0.881. The molecule has 0 radical (unpaired) electrons. The van der Waals surface area contributed by atoms with Crippen LogP contribution in [0.2, 0.25) is 0 Å². The molecule has 4 aliphatic rings. The van der Waals surface area contributed by atoms with Gasteiger partial charge in [0.15, 0.2) is 0 Å². The summed E-state index contributed by atoms with van der Waals surface area (Å²) in [6, 6.07) is 0. The van der Waals surface area contributed by atoms with Crippen LogP contribution in [0.5, 0.6) is 0 Å². The molecule has 0 heteroatoms. The van der Waals surface area contributed by atoms with Gasteiger partial charge in [0.1, 0.15) is 0 Å². The van der Waals surface area contributed by atoms with Crippen molar-refractivity contribution < 1.29 is 0 Å². The summed E-state index contributed by atoms with van der Waals surface area (Å²) in [4.78, 5) is 0. The molecular formula is C15H24. The largest absolute Gasteiger partial charge is 0.0530 e. The van der Waals surface area contributed by atoms with E-state index >= 15 is 0 Å². The van der Waals surface area contributed by atoms with E-state index in [0.29, 0.717) is 0 Å². The minimum Gasteiger partial charge on any atom is -0.0530 e. The summed E-state index contributed by atoms with van der Waals surface area (Å²) >= 11 is 0. The zero-order valence-corrected chi connectivity index (χ0v) is 9.93. The van der Waals surface area contributed by atoms with Gasteiger partial charge in [-0.05, 0) is 74.0 Å². The molecule has 0 N–H and O–H groups in total. The second kappa shape index (κ2) is 2.81. The van der Waals surface area contributed by atoms with Gasteiger partial charge in [-0.3, -0.25) is 0 Å². The van der Waals surface area contributed by atoms with E-state index in [2.05, 4.69) is 0 Å². The van der Waals surface area contributed by atoms with E-state index in [1.54, 1.807) is 70.6 Å². The summed E-state index contributed by atoms with van der Waals surface area (Å²) < 4.78 is 0. The highest BCUT2D eigenvalue weighted by atomic mass is 14.7. The molecule has 0 aliphatic heterocycles. The van der Waals surface area contributed by atoms with Crippen molar-refractivity contribution in [2.75, 3.05) is 0 Å². The monoisotopic (exact) mass is 204 g/mol. The third kappa shape index (κ3) is 0.875. The molecule has 0 heterocycles. The Bertz CT molecular complexity index is 278. The first kappa shape index (κ1) is 9.07. The molecule has 4 saturated carbocycles. The molecule has 0 saturated heterocycles. The van der Waals surface area contributed by atoms with Crippen LogP contribution in [-0.4, -0.2) is 0 Å². The van der Waals surface area contributed by atoms with E-state index in [0.717, 1.165) is 16.7 Å². The van der Waals surface area contributed by atoms with Crippen molar-refractivity contribution in [2.45, 2.75) is 70.6 Å². The van der Waals surface area contributed by atoms with Crippen molar-refractivity contribution in [3.63, 3.8) is 0 Å². The normalized spacial score (nSPS) is 57.6. The Balaban J connectivity index is 1.80. The Labute approximate surface area is 93.8 Å². The van der Waals surface area contributed by atoms with Gasteiger partial charge in [0, 0.05) is 0 Å². The van der Waals surface area contributed by atoms with Crippen molar-refractivity contribution in [3.8, 4) is 0 Å². The molecule has 15 heavy (non-hydrogen) atoms. The van der Waals surface area contributed by atoms with Crippen LogP contribution in [0.15, 0.2) is 0 Å². The van der Waals surface area contributed by atoms with E-state index in [9.17, 15) is 0 Å². The van der Waals surface area contributed by atoms with Gasteiger partial charge in [-0.1, -0.05) is 19.3 Å². The van der Waals surface area contributed by atoms with Gasteiger partial charge in [-0.2, -0.15) is 0 Å². The molecule has 0 amide bonds. The van der Waals surface area contributed by atoms with Crippen molar-refractivity contribution in [1.82, 2.24) is 0 Å². The lowest BCUT2D eigenvalue weighted by atomic mass is 9.57. The number of rotatable bonds is 0. The first-order valence-corrected chi connectivity index (χ1v) is 7.37. The van der Waals surface area contributed by atoms with E-state index in [4.69, 9.17) is 0 Å². The highest BCUT2D eigenvalue weighted by Crippen LogP contribution is 2.76. The molecule has 4 aliphatic carbocycles. The maximum absolute atomic E-state index is 1.63. The molecule has 0 aromatic carbocycles. The fourth-order valence-corrected chi connectivity index (χ4v) is 6.63. The van der Waals surface area contributed by atoms with Gasteiger partial charge in [-0.25, -0.2) is 0 Å². The quantitative estimate of drug-likeness (QED) is 0.543.